The zero-order valence-corrected chi connectivity index (χ0v) is 17.0. The molecule has 0 N–H and O–H groups in total. The third-order valence-electron chi connectivity index (χ3n) is 5.01. The molecule has 1 saturated heterocycles. The van der Waals surface area contributed by atoms with Gasteiger partial charge in [0.15, 0.2) is 16.4 Å². The minimum atomic E-state index is -3.01. The van der Waals surface area contributed by atoms with Crippen molar-refractivity contribution in [3.8, 4) is 5.75 Å². The molecule has 1 aliphatic rings. The van der Waals surface area contributed by atoms with Crippen LogP contribution in [0.3, 0.4) is 0 Å². The van der Waals surface area contributed by atoms with E-state index in [0.29, 0.717) is 18.7 Å². The maximum Gasteiger partial charge on any atom is 0.260 e. The number of rotatable bonds is 6. The molecule has 1 fully saturated rings. The van der Waals surface area contributed by atoms with Crippen molar-refractivity contribution >= 4 is 15.7 Å². The summed E-state index contributed by atoms with van der Waals surface area (Å²) in [6.45, 7) is 3.88. The molecule has 0 unspecified atom stereocenters. The van der Waals surface area contributed by atoms with Gasteiger partial charge in [-0.15, -0.1) is 0 Å². The Balaban J connectivity index is 1.65. The van der Waals surface area contributed by atoms with E-state index in [1.165, 1.54) is 23.1 Å². The van der Waals surface area contributed by atoms with E-state index in [1.807, 2.05) is 13.8 Å². The van der Waals surface area contributed by atoms with Crippen LogP contribution in [0.1, 0.15) is 29.4 Å². The standard InChI is InChI=1S/C19H24FN3O4S/c1-13-18(14(2)23(21-13)16-7-8-28(25,26)12-16)10-22(3)19(24)11-27-17-6-4-5-15(20)9-17/h4-6,9,16H,7-8,10-12H2,1-3H3/t16-/m0/s1. The van der Waals surface area contributed by atoms with Gasteiger partial charge >= 0.3 is 0 Å². The number of hydrogen-bond donors (Lipinski definition) is 0. The van der Waals surface area contributed by atoms with E-state index in [4.69, 9.17) is 4.74 Å². The lowest BCUT2D eigenvalue weighted by Gasteiger charge is -2.18. The first-order valence-electron chi connectivity index (χ1n) is 9.03. The third-order valence-corrected chi connectivity index (χ3v) is 6.76. The molecule has 0 spiro atoms. The largest absolute Gasteiger partial charge is 0.484 e. The number of nitrogens with zero attached hydrogens (tertiary/aromatic N) is 3. The van der Waals surface area contributed by atoms with Gasteiger partial charge in [0.05, 0.1) is 23.2 Å². The molecule has 0 saturated carbocycles. The lowest BCUT2D eigenvalue weighted by molar-refractivity contribution is -0.132. The topological polar surface area (TPSA) is 81.5 Å². The number of amides is 1. The van der Waals surface area contributed by atoms with Gasteiger partial charge in [0.1, 0.15) is 11.6 Å². The fourth-order valence-electron chi connectivity index (χ4n) is 3.39. The fraction of sp³-hybridized carbons (Fsp3) is 0.474. The molecular weight excluding hydrogens is 385 g/mol. The van der Waals surface area contributed by atoms with Gasteiger partial charge in [-0.25, -0.2) is 12.8 Å². The maximum atomic E-state index is 13.2. The second-order valence-electron chi connectivity index (χ2n) is 7.15. The molecule has 2 aromatic rings. The van der Waals surface area contributed by atoms with Crippen LogP contribution in [0.5, 0.6) is 5.75 Å². The van der Waals surface area contributed by atoms with Crippen LogP contribution in [0.2, 0.25) is 0 Å². The van der Waals surface area contributed by atoms with Crippen LogP contribution in [0.15, 0.2) is 24.3 Å². The van der Waals surface area contributed by atoms with Gasteiger partial charge in [-0.05, 0) is 32.4 Å². The summed E-state index contributed by atoms with van der Waals surface area (Å²) in [5.74, 6) is -0.0965. The van der Waals surface area contributed by atoms with Gasteiger partial charge in [0.25, 0.3) is 5.91 Å². The highest BCUT2D eigenvalue weighted by atomic mass is 32.2. The van der Waals surface area contributed by atoms with Crippen molar-refractivity contribution in [3.63, 3.8) is 0 Å². The Morgan fingerprint density at radius 2 is 2.14 bits per heavy atom. The van der Waals surface area contributed by atoms with Crippen molar-refractivity contribution < 1.29 is 22.3 Å². The average molecular weight is 409 g/mol. The fourth-order valence-corrected chi connectivity index (χ4v) is 5.08. The molecule has 1 aliphatic heterocycles. The second-order valence-corrected chi connectivity index (χ2v) is 9.38. The Morgan fingerprint density at radius 1 is 1.39 bits per heavy atom. The zero-order chi connectivity index (χ0) is 20.5. The minimum absolute atomic E-state index is 0.102. The molecule has 2 heterocycles. The van der Waals surface area contributed by atoms with Gasteiger partial charge < -0.3 is 9.64 Å². The number of aromatic nitrogens is 2. The molecule has 1 aromatic heterocycles. The van der Waals surface area contributed by atoms with Crippen LogP contribution in [0.4, 0.5) is 4.39 Å². The lowest BCUT2D eigenvalue weighted by Crippen LogP contribution is -2.31. The number of likely N-dealkylation sites (N-methyl/N-ethyl adjacent to an activating group) is 1. The predicted molar refractivity (Wildman–Crippen MR) is 102 cm³/mol. The first-order valence-corrected chi connectivity index (χ1v) is 10.9. The quantitative estimate of drug-likeness (QED) is 0.729. The smallest absolute Gasteiger partial charge is 0.260 e. The van der Waals surface area contributed by atoms with Gasteiger partial charge in [-0.1, -0.05) is 6.07 Å². The van der Waals surface area contributed by atoms with Crippen molar-refractivity contribution in [2.45, 2.75) is 32.9 Å². The van der Waals surface area contributed by atoms with E-state index in [2.05, 4.69) is 5.10 Å². The van der Waals surface area contributed by atoms with E-state index in [-0.39, 0.29) is 30.1 Å². The molecular formula is C19H24FN3O4S. The summed E-state index contributed by atoms with van der Waals surface area (Å²) in [7, 11) is -1.35. The lowest BCUT2D eigenvalue weighted by atomic mass is 10.1. The molecule has 1 atom stereocenters. The first kappa shape index (κ1) is 20.3. The summed E-state index contributed by atoms with van der Waals surface area (Å²) in [5, 5.41) is 4.51. The summed E-state index contributed by atoms with van der Waals surface area (Å²) in [4.78, 5) is 13.9. The van der Waals surface area contributed by atoms with Gasteiger partial charge in [0.2, 0.25) is 0 Å². The summed E-state index contributed by atoms with van der Waals surface area (Å²) >= 11 is 0. The van der Waals surface area contributed by atoms with Crippen LogP contribution in [0, 0.1) is 19.7 Å². The molecule has 0 aliphatic carbocycles. The molecule has 1 aromatic carbocycles. The van der Waals surface area contributed by atoms with Crippen LogP contribution in [0.25, 0.3) is 0 Å². The van der Waals surface area contributed by atoms with E-state index in [0.717, 1.165) is 17.0 Å². The average Bonchev–Trinajstić information content (AvgIpc) is 3.13. The number of carbonyl (C=O) groups excluding carboxylic acids is 1. The Morgan fingerprint density at radius 3 is 2.79 bits per heavy atom. The normalized spacial score (nSPS) is 18.2. The summed E-state index contributed by atoms with van der Waals surface area (Å²) in [6.07, 6.45) is 0.556. The Kier molecular flexibility index (Phi) is 5.74. The molecule has 3 rings (SSSR count). The van der Waals surface area contributed by atoms with Gasteiger partial charge in [-0.3, -0.25) is 9.48 Å². The van der Waals surface area contributed by atoms with Crippen molar-refractivity contribution in [2.24, 2.45) is 0 Å². The third kappa shape index (κ3) is 4.52. The second kappa shape index (κ2) is 7.90. The molecule has 1 amide bonds. The van der Waals surface area contributed by atoms with Crippen LogP contribution < -0.4 is 4.74 Å². The Hall–Kier alpha value is -2.42. The number of ether oxygens (including phenoxy) is 1. The highest BCUT2D eigenvalue weighted by Gasteiger charge is 2.31. The number of carbonyl (C=O) groups is 1. The Labute approximate surface area is 164 Å². The summed E-state index contributed by atoms with van der Waals surface area (Å²) in [6, 6.07) is 5.48. The molecule has 0 radical (unpaired) electrons. The van der Waals surface area contributed by atoms with Gasteiger partial charge in [0, 0.05) is 30.9 Å². The van der Waals surface area contributed by atoms with Crippen molar-refractivity contribution in [1.82, 2.24) is 14.7 Å². The summed E-state index contributed by atoms with van der Waals surface area (Å²) < 4.78 is 43.8. The highest BCUT2D eigenvalue weighted by molar-refractivity contribution is 7.91. The number of halogens is 1. The van der Waals surface area contributed by atoms with Crippen molar-refractivity contribution in [2.75, 3.05) is 25.2 Å². The van der Waals surface area contributed by atoms with Crippen molar-refractivity contribution in [1.29, 1.82) is 0 Å². The van der Waals surface area contributed by atoms with Crippen LogP contribution in [-0.2, 0) is 21.2 Å². The van der Waals surface area contributed by atoms with E-state index >= 15 is 0 Å². The monoisotopic (exact) mass is 409 g/mol. The molecule has 9 heteroatoms. The zero-order valence-electron chi connectivity index (χ0n) is 16.2. The van der Waals surface area contributed by atoms with Crippen LogP contribution >= 0.6 is 0 Å². The molecule has 7 nitrogen and oxygen atoms in total. The molecule has 0 bridgehead atoms. The van der Waals surface area contributed by atoms with Gasteiger partial charge in [-0.2, -0.15) is 5.10 Å². The van der Waals surface area contributed by atoms with Crippen molar-refractivity contribution in [3.05, 3.63) is 47.0 Å². The minimum Gasteiger partial charge on any atom is -0.484 e. The number of hydrogen-bond acceptors (Lipinski definition) is 5. The summed E-state index contributed by atoms with van der Waals surface area (Å²) in [5.41, 5.74) is 2.53. The first-order chi connectivity index (χ1) is 13.2. The number of sulfone groups is 1. The Bertz CT molecular complexity index is 987. The predicted octanol–water partition coefficient (Wildman–Crippen LogP) is 2.04. The molecule has 152 valence electrons. The number of benzene rings is 1. The van der Waals surface area contributed by atoms with E-state index in [9.17, 15) is 17.6 Å². The molecule has 28 heavy (non-hydrogen) atoms. The SMILES string of the molecule is Cc1nn([C@H]2CCS(=O)(=O)C2)c(C)c1CN(C)C(=O)COc1cccc(F)c1. The maximum absolute atomic E-state index is 13.2. The van der Waals surface area contributed by atoms with E-state index < -0.39 is 15.7 Å². The van der Waals surface area contributed by atoms with Crippen LogP contribution in [-0.4, -0.2) is 54.2 Å². The highest BCUT2D eigenvalue weighted by Crippen LogP contribution is 2.27. The number of aryl methyl sites for hydroxylation is 1. The van der Waals surface area contributed by atoms with E-state index in [1.54, 1.807) is 17.8 Å².